The molecule has 0 saturated carbocycles. The molecule has 79 heavy (non-hydrogen) atoms. The second-order valence-corrected chi connectivity index (χ2v) is 23.8. The second-order valence-electron chi connectivity index (χ2n) is 23.8. The van der Waals surface area contributed by atoms with Crippen molar-refractivity contribution in [2.24, 2.45) is 0 Å². The van der Waals surface area contributed by atoms with Gasteiger partial charge in [0.15, 0.2) is 0 Å². The smallest absolute Gasteiger partial charge is 0.512 e. The second kappa shape index (κ2) is 20.5. The van der Waals surface area contributed by atoms with Crippen molar-refractivity contribution < 1.29 is 30.7 Å². The van der Waals surface area contributed by atoms with E-state index in [-0.39, 0.29) is 85.0 Å². The van der Waals surface area contributed by atoms with Crippen LogP contribution in [0.25, 0.3) is 44.5 Å². The Labute approximate surface area is 493 Å². The summed E-state index contributed by atoms with van der Waals surface area (Å²) in [7, 11) is 0. The third-order valence-corrected chi connectivity index (χ3v) is 17.1. The predicted octanol–water partition coefficient (Wildman–Crippen LogP) is 19.8. The van der Waals surface area contributed by atoms with Gasteiger partial charge in [0.05, 0.1) is 8.22 Å². The van der Waals surface area contributed by atoms with E-state index in [0.29, 0.717) is 45.0 Å². The van der Waals surface area contributed by atoms with E-state index in [4.69, 9.17) is 11.8 Å². The summed E-state index contributed by atoms with van der Waals surface area (Å²) in [5.41, 5.74) is 15.6. The molecule has 0 N–H and O–H groups in total. The largest absolute Gasteiger partial charge is 4.00 e. The van der Waals surface area contributed by atoms with Gasteiger partial charge >= 0.3 is 21.1 Å². The maximum absolute atomic E-state index is 9.83. The monoisotopic (exact) mass is 1220 g/mol. The molecule has 4 aliphatic rings. The van der Waals surface area contributed by atoms with Crippen LogP contribution in [-0.4, -0.2) is 0 Å². The minimum atomic E-state index is -0.146. The molecule has 0 bridgehead atoms. The Morgan fingerprint density at radius 1 is 0.392 bits per heavy atom. The van der Waals surface area contributed by atoms with Gasteiger partial charge in [-0.3, -0.25) is 0 Å². The van der Waals surface area contributed by atoms with E-state index in [2.05, 4.69) is 108 Å². The zero-order chi connectivity index (χ0) is 60.2. The minimum Gasteiger partial charge on any atom is -0.512 e. The van der Waals surface area contributed by atoms with E-state index in [1.54, 1.807) is 12.1 Å². The third-order valence-electron chi connectivity index (χ3n) is 17.1. The fraction of sp³-hybridized carbons (Fsp3) is 0.219. The van der Waals surface area contributed by atoms with Gasteiger partial charge in [-0.25, -0.2) is 0 Å². The molecule has 394 valence electrons. The van der Waals surface area contributed by atoms with Crippen LogP contribution in [-0.2, 0) is 42.7 Å². The molecule has 5 nitrogen and oxygen atoms in total. The van der Waals surface area contributed by atoms with E-state index >= 15 is 0 Å². The van der Waals surface area contributed by atoms with Crippen molar-refractivity contribution in [2.75, 3.05) is 19.6 Å². The first kappa shape index (κ1) is 45.2. The van der Waals surface area contributed by atoms with E-state index in [9.17, 15) is 9.60 Å². The Balaban J connectivity index is 0.00000253. The fourth-order valence-electron chi connectivity index (χ4n) is 12.4. The molecule has 0 unspecified atom stereocenters. The molecule has 0 aromatic heterocycles. The summed E-state index contributed by atoms with van der Waals surface area (Å²) in [4.78, 5) is 8.16. The van der Waals surface area contributed by atoms with Crippen molar-refractivity contribution in [1.82, 2.24) is 0 Å². The number of hydrogen-bond acceptors (Lipinski definition) is 5. The average molecular weight is 1220 g/mol. The molecule has 0 radical (unpaired) electrons. The number of rotatable bonds is 8. The Bertz CT molecular complexity index is 3920. The van der Waals surface area contributed by atoms with Crippen molar-refractivity contribution in [2.45, 2.75) is 103 Å². The summed E-state index contributed by atoms with van der Waals surface area (Å²) >= 11 is 0. The molecule has 9 aromatic carbocycles. The van der Waals surface area contributed by atoms with Gasteiger partial charge in [0.25, 0.3) is 0 Å². The van der Waals surface area contributed by atoms with Crippen LogP contribution in [0.4, 0.5) is 45.5 Å². The molecule has 13 rings (SSSR count). The molecule has 2 aliphatic carbocycles. The number of fused-ring (bicyclic) bond motifs is 4. The Morgan fingerprint density at radius 3 is 1.08 bits per heavy atom. The summed E-state index contributed by atoms with van der Waals surface area (Å²) in [5, 5.41) is 6.25. The normalized spacial score (nSPS) is 18.1. The minimum absolute atomic E-state index is 0. The molecule has 0 amide bonds. The van der Waals surface area contributed by atoms with Crippen LogP contribution in [0.3, 0.4) is 0 Å². The van der Waals surface area contributed by atoms with Gasteiger partial charge in [0.1, 0.15) is 0 Å². The van der Waals surface area contributed by atoms with Crippen LogP contribution in [0, 0.1) is 31.2 Å². The van der Waals surface area contributed by atoms with Crippen molar-refractivity contribution >= 4 is 45.5 Å². The summed E-state index contributed by atoms with van der Waals surface area (Å²) in [5.74, 6) is 0. The van der Waals surface area contributed by atoms with Crippen molar-refractivity contribution in [3.63, 3.8) is 0 Å². The Morgan fingerprint density at radius 2 is 0.709 bits per heavy atom. The average Bonchev–Trinajstić information content (AvgIpc) is 1.33. The van der Waals surface area contributed by atoms with Gasteiger partial charge in [0, 0.05) is 57.7 Å². The topological polar surface area (TPSA) is 36.8 Å². The molecule has 6 heteroatoms. The van der Waals surface area contributed by atoms with Crippen molar-refractivity contribution in [3.8, 4) is 44.5 Å². The molecule has 0 fully saturated rings. The molecule has 0 saturated heterocycles. The van der Waals surface area contributed by atoms with Gasteiger partial charge in [0.2, 0.25) is 0 Å². The predicted molar refractivity (Wildman–Crippen MR) is 325 cm³/mol. The quantitative estimate of drug-likeness (QED) is 0.142. The summed E-state index contributed by atoms with van der Waals surface area (Å²) in [6.07, 6.45) is 4.13. The first-order valence-electron chi connectivity index (χ1n) is 30.6. The first-order chi connectivity index (χ1) is 40.6. The van der Waals surface area contributed by atoms with Crippen LogP contribution in [0.1, 0.15) is 113 Å². The third kappa shape index (κ3) is 9.27. The van der Waals surface area contributed by atoms with E-state index in [1.807, 2.05) is 132 Å². The molecule has 0 atom stereocenters. The van der Waals surface area contributed by atoms with E-state index in [1.165, 1.54) is 22.3 Å². The van der Waals surface area contributed by atoms with Crippen molar-refractivity contribution in [3.05, 3.63) is 248 Å². The van der Waals surface area contributed by atoms with Crippen LogP contribution in [0.5, 0.6) is 0 Å². The maximum Gasteiger partial charge on any atom is 4.00 e. The van der Waals surface area contributed by atoms with Crippen molar-refractivity contribution in [1.29, 1.82) is 5.26 Å². The standard InChI is InChI=1S/C72H67N4.CN.Pt/c1-69(2)40-42-71(5,6)61-44-51(36-38-59(61)69)57-30-20-28-55(49-22-11-9-12-23-49)67(57)75-47-73(63-32-15-17-34-65(63)75)53-26-19-27-54(46-53)74-48-76(66-35-18-16-33-64(66)74)68-56(50-24-13-10-14-25-50)29-21-31-58(68)52-37-39-60-62(45-52)72(7,8)43-41-70(60,3)4;1-2;/h9-39,44-45,47-48H,40-43H2,1-8H3;;/q-3;-1;+4/i19D,20D,21D,28D,29D,30D,31D;;. The van der Waals surface area contributed by atoms with Gasteiger partial charge < -0.3 is 31.4 Å². The summed E-state index contributed by atoms with van der Waals surface area (Å²) < 4.78 is 67.4. The molecular weight excluding hydrogens is 1140 g/mol. The van der Waals surface area contributed by atoms with Crippen LogP contribution < -0.4 is 19.6 Å². The number of nitrogens with zero attached hydrogens (tertiary/aromatic N) is 5. The van der Waals surface area contributed by atoms with Crippen LogP contribution in [0.15, 0.2) is 200 Å². The Kier molecular flexibility index (Phi) is 11.8. The molecular formula is C73H67N5Pt. The molecule has 2 aliphatic heterocycles. The molecule has 2 heterocycles. The fourth-order valence-corrected chi connectivity index (χ4v) is 12.4. The van der Waals surface area contributed by atoms with Crippen LogP contribution >= 0.6 is 0 Å². The number of benzene rings is 9. The Hall–Kier alpha value is -7.64. The van der Waals surface area contributed by atoms with Gasteiger partial charge in [-0.05, 0) is 116 Å². The SMILES string of the molecule is [2H]c1cc(N2[CH-]N(c3c(-c4ccccc4)c([2H])c([2H])c([2H])c3-c3ccc4c(c3)C(C)(C)CCC4(C)C)c3ccccc32)[c-]c(N2[CH-]N(c3c(-c4ccccc4)c([2H])c([2H])c([2H])c3-c3ccc4c(c3)C(C)(C)CCC4(C)C)c3ccccc32)c1.[C-]#N.[Pt+4]. The zero-order valence-electron chi connectivity index (χ0n) is 53.0. The number of anilines is 8. The number of para-hydroxylation sites is 6. The zero-order valence-corrected chi connectivity index (χ0v) is 48.3. The van der Waals surface area contributed by atoms with Crippen LogP contribution in [0.2, 0.25) is 0 Å². The summed E-state index contributed by atoms with van der Waals surface area (Å²) in [6.45, 7) is 27.1. The van der Waals surface area contributed by atoms with E-state index < -0.39 is 0 Å². The molecule has 9 aromatic rings. The van der Waals surface area contributed by atoms with Gasteiger partial charge in [-0.2, -0.15) is 6.04 Å². The maximum atomic E-state index is 9.83. The van der Waals surface area contributed by atoms with E-state index in [0.717, 1.165) is 70.7 Å². The van der Waals surface area contributed by atoms with Gasteiger partial charge in [-0.15, -0.1) is 42.9 Å². The first-order valence-corrected chi connectivity index (χ1v) is 27.1. The van der Waals surface area contributed by atoms with Gasteiger partial charge in [-0.1, -0.05) is 213 Å². The number of hydrogen-bond donors (Lipinski definition) is 0. The summed E-state index contributed by atoms with van der Waals surface area (Å²) in [6, 6.07) is 55.9. The molecule has 0 spiro atoms.